The summed E-state index contributed by atoms with van der Waals surface area (Å²) in [5.74, 6) is -1.58. The van der Waals surface area contributed by atoms with Crippen LogP contribution >= 0.6 is 11.3 Å². The van der Waals surface area contributed by atoms with Crippen molar-refractivity contribution in [1.29, 1.82) is 0 Å². The van der Waals surface area contributed by atoms with Crippen molar-refractivity contribution in [3.63, 3.8) is 0 Å². The molecule has 3 aromatic rings. The van der Waals surface area contributed by atoms with Crippen LogP contribution in [-0.4, -0.2) is 55.7 Å². The molecule has 11 heteroatoms. The highest BCUT2D eigenvalue weighted by atomic mass is 32.1. The molecule has 1 aliphatic heterocycles. The lowest BCUT2D eigenvalue weighted by Crippen LogP contribution is -2.29. The molecule has 0 aliphatic carbocycles. The number of ether oxygens (including phenoxy) is 4. The van der Waals surface area contributed by atoms with Crippen LogP contribution in [0.15, 0.2) is 42.0 Å². The molecular weight excluding hydrogens is 524 g/mol. The highest BCUT2D eigenvalue weighted by Crippen LogP contribution is 2.48. The van der Waals surface area contributed by atoms with E-state index in [0.717, 1.165) is 11.3 Å². The highest BCUT2D eigenvalue weighted by molar-refractivity contribution is 7.17. The summed E-state index contributed by atoms with van der Waals surface area (Å²) >= 11 is 0.924. The van der Waals surface area contributed by atoms with Gasteiger partial charge in [0.15, 0.2) is 16.6 Å². The number of nitrogens with zero attached hydrogens (tertiary/aromatic N) is 2. The number of para-hydroxylation sites is 1. The van der Waals surface area contributed by atoms with Crippen molar-refractivity contribution in [3.8, 4) is 17.2 Å². The Morgan fingerprint density at radius 3 is 2.44 bits per heavy atom. The van der Waals surface area contributed by atoms with E-state index in [2.05, 4.69) is 4.98 Å². The summed E-state index contributed by atoms with van der Waals surface area (Å²) < 4.78 is 21.5. The van der Waals surface area contributed by atoms with Crippen LogP contribution in [-0.2, 0) is 14.3 Å². The Labute approximate surface area is 229 Å². The van der Waals surface area contributed by atoms with E-state index in [1.807, 2.05) is 0 Å². The number of aromatic nitrogens is 1. The van der Waals surface area contributed by atoms with E-state index in [4.69, 9.17) is 18.9 Å². The Hall–Kier alpha value is -4.38. The van der Waals surface area contributed by atoms with Gasteiger partial charge in [-0.05, 0) is 50.6 Å². The minimum absolute atomic E-state index is 0.0954. The van der Waals surface area contributed by atoms with Crippen LogP contribution < -0.4 is 19.1 Å². The third kappa shape index (κ3) is 4.81. The molecule has 204 valence electrons. The topological polar surface area (TPSA) is 124 Å². The fourth-order valence-electron chi connectivity index (χ4n) is 4.50. The molecule has 2 heterocycles. The van der Waals surface area contributed by atoms with E-state index in [-0.39, 0.29) is 33.7 Å². The Kier molecular flexibility index (Phi) is 7.91. The monoisotopic (exact) mass is 552 g/mol. The number of amides is 1. The summed E-state index contributed by atoms with van der Waals surface area (Å²) in [6.45, 7) is 5.22. The van der Waals surface area contributed by atoms with Crippen molar-refractivity contribution in [2.45, 2.75) is 26.8 Å². The van der Waals surface area contributed by atoms with Crippen molar-refractivity contribution >= 4 is 39.9 Å². The number of ketones is 1. The first-order valence-corrected chi connectivity index (χ1v) is 12.8. The number of methoxy groups -OCH3 is 3. The molecule has 0 saturated carbocycles. The second kappa shape index (κ2) is 11.2. The normalized spacial score (nSPS) is 16.4. The van der Waals surface area contributed by atoms with Gasteiger partial charge in [0.25, 0.3) is 5.78 Å². The van der Waals surface area contributed by atoms with E-state index in [1.165, 1.54) is 26.2 Å². The molecule has 0 radical (unpaired) electrons. The summed E-state index contributed by atoms with van der Waals surface area (Å²) in [6.07, 6.45) is 0. The summed E-state index contributed by atoms with van der Waals surface area (Å²) in [6, 6.07) is 8.87. The molecule has 0 bridgehead atoms. The van der Waals surface area contributed by atoms with E-state index in [1.54, 1.807) is 57.2 Å². The number of anilines is 1. The van der Waals surface area contributed by atoms with Crippen LogP contribution in [0.2, 0.25) is 0 Å². The fraction of sp³-hybridized carbons (Fsp3) is 0.286. The molecule has 1 N–H and O–H groups in total. The third-order valence-electron chi connectivity index (χ3n) is 6.31. The predicted molar refractivity (Wildman–Crippen MR) is 145 cm³/mol. The number of rotatable bonds is 8. The van der Waals surface area contributed by atoms with Crippen LogP contribution in [0, 0.1) is 13.8 Å². The number of thiazole rings is 1. The standard InChI is InChI=1S/C28H28N2O8S/c1-7-38-27(34)25-15(3)29-28(39-25)30-21(18-9-8-10-19(36-5)24(18)37-6)20(23(32)26(30)33)22(31)17-12-11-16(35-4)13-14(17)2/h8-13,21,31H,7H2,1-6H3/b22-20+. The van der Waals surface area contributed by atoms with Gasteiger partial charge in [0, 0.05) is 11.1 Å². The maximum absolute atomic E-state index is 13.6. The summed E-state index contributed by atoms with van der Waals surface area (Å²) in [7, 11) is 4.43. The molecule has 1 atom stereocenters. The van der Waals surface area contributed by atoms with Crippen LogP contribution in [0.3, 0.4) is 0 Å². The van der Waals surface area contributed by atoms with E-state index < -0.39 is 23.7 Å². The molecular formula is C28H28N2O8S. The number of hydrogen-bond acceptors (Lipinski definition) is 10. The second-order valence-electron chi connectivity index (χ2n) is 8.56. The number of aliphatic hydroxyl groups is 1. The molecule has 39 heavy (non-hydrogen) atoms. The molecule has 1 unspecified atom stereocenters. The number of carbonyl (C=O) groups excluding carboxylic acids is 3. The average molecular weight is 553 g/mol. The molecule has 1 saturated heterocycles. The molecule has 1 aromatic heterocycles. The van der Waals surface area contributed by atoms with Gasteiger partial charge in [0.1, 0.15) is 22.4 Å². The van der Waals surface area contributed by atoms with E-state index >= 15 is 0 Å². The molecule has 0 spiro atoms. The lowest BCUT2D eigenvalue weighted by atomic mass is 9.93. The van der Waals surface area contributed by atoms with Crippen molar-refractivity contribution in [2.24, 2.45) is 0 Å². The van der Waals surface area contributed by atoms with Crippen LogP contribution in [0.25, 0.3) is 5.76 Å². The lowest BCUT2D eigenvalue weighted by Gasteiger charge is -2.25. The van der Waals surface area contributed by atoms with Crippen molar-refractivity contribution in [1.82, 2.24) is 4.98 Å². The van der Waals surface area contributed by atoms with Gasteiger partial charge in [-0.2, -0.15) is 0 Å². The van der Waals surface area contributed by atoms with Gasteiger partial charge >= 0.3 is 11.9 Å². The van der Waals surface area contributed by atoms with Crippen molar-refractivity contribution in [3.05, 3.63) is 69.2 Å². The van der Waals surface area contributed by atoms with E-state index in [0.29, 0.717) is 33.9 Å². The first-order valence-electron chi connectivity index (χ1n) is 12.0. The minimum Gasteiger partial charge on any atom is -0.507 e. The first kappa shape index (κ1) is 27.6. The summed E-state index contributed by atoms with van der Waals surface area (Å²) in [5.41, 5.74) is 1.55. The Balaban J connectivity index is 2.00. The summed E-state index contributed by atoms with van der Waals surface area (Å²) in [4.78, 5) is 45.5. The van der Waals surface area contributed by atoms with Gasteiger partial charge in [0.2, 0.25) is 0 Å². The zero-order valence-electron chi connectivity index (χ0n) is 22.4. The van der Waals surface area contributed by atoms with Gasteiger partial charge in [-0.15, -0.1) is 0 Å². The van der Waals surface area contributed by atoms with Crippen LogP contribution in [0.1, 0.15) is 45.0 Å². The maximum atomic E-state index is 13.6. The number of carbonyl (C=O) groups is 3. The predicted octanol–water partition coefficient (Wildman–Crippen LogP) is 4.59. The van der Waals surface area contributed by atoms with Gasteiger partial charge in [-0.3, -0.25) is 14.5 Å². The smallest absolute Gasteiger partial charge is 0.350 e. The quantitative estimate of drug-likeness (QED) is 0.185. The van der Waals surface area contributed by atoms with Gasteiger partial charge in [-0.1, -0.05) is 23.5 Å². The molecule has 1 fully saturated rings. The zero-order valence-corrected chi connectivity index (χ0v) is 23.2. The first-order chi connectivity index (χ1) is 18.7. The number of esters is 1. The van der Waals surface area contributed by atoms with Gasteiger partial charge in [0.05, 0.1) is 39.2 Å². The Morgan fingerprint density at radius 1 is 1.08 bits per heavy atom. The molecule has 2 aromatic carbocycles. The molecule has 1 aliphatic rings. The third-order valence-corrected chi connectivity index (χ3v) is 7.45. The SMILES string of the molecule is CCOC(=O)c1sc(N2C(=O)C(=O)/C(=C(/O)c3ccc(OC)cc3C)C2c2cccc(OC)c2OC)nc1C. The largest absolute Gasteiger partial charge is 0.507 e. The Bertz CT molecular complexity index is 1490. The number of hydrogen-bond donors (Lipinski definition) is 1. The Morgan fingerprint density at radius 2 is 1.82 bits per heavy atom. The lowest BCUT2D eigenvalue weighted by molar-refractivity contribution is -0.132. The minimum atomic E-state index is -1.14. The zero-order chi connectivity index (χ0) is 28.4. The number of benzene rings is 2. The van der Waals surface area contributed by atoms with Crippen molar-refractivity contribution < 1.29 is 38.4 Å². The molecule has 4 rings (SSSR count). The van der Waals surface area contributed by atoms with Crippen LogP contribution in [0.5, 0.6) is 17.2 Å². The highest BCUT2D eigenvalue weighted by Gasteiger charge is 2.49. The van der Waals surface area contributed by atoms with Gasteiger partial charge < -0.3 is 24.1 Å². The molecule has 10 nitrogen and oxygen atoms in total. The van der Waals surface area contributed by atoms with E-state index in [9.17, 15) is 19.5 Å². The van der Waals surface area contributed by atoms with Crippen molar-refractivity contribution in [2.75, 3.05) is 32.8 Å². The number of aliphatic hydroxyl groups excluding tert-OH is 1. The maximum Gasteiger partial charge on any atom is 0.350 e. The number of Topliss-reactive ketones (excluding diaryl/α,β-unsaturated/α-hetero) is 1. The number of aryl methyl sites for hydroxylation is 2. The average Bonchev–Trinajstić information content (AvgIpc) is 3.44. The fourth-order valence-corrected chi connectivity index (χ4v) is 5.48. The van der Waals surface area contributed by atoms with Crippen LogP contribution in [0.4, 0.5) is 5.13 Å². The van der Waals surface area contributed by atoms with Gasteiger partial charge in [-0.25, -0.2) is 9.78 Å². The molecule has 1 amide bonds. The second-order valence-corrected chi connectivity index (χ2v) is 9.54. The summed E-state index contributed by atoms with van der Waals surface area (Å²) in [5, 5.41) is 11.6.